The van der Waals surface area contributed by atoms with E-state index in [2.05, 4.69) is 18.5 Å². The summed E-state index contributed by atoms with van der Waals surface area (Å²) < 4.78 is 6.10. The molecule has 1 aromatic carbocycles. The van der Waals surface area contributed by atoms with Gasteiger partial charge in [-0.05, 0) is 64.3 Å². The lowest BCUT2D eigenvalue weighted by molar-refractivity contribution is 0.00908. The van der Waals surface area contributed by atoms with E-state index in [1.807, 2.05) is 48.4 Å². The highest BCUT2D eigenvalue weighted by molar-refractivity contribution is 5.94. The smallest absolute Gasteiger partial charge is 0.253 e. The van der Waals surface area contributed by atoms with Crippen LogP contribution in [0.1, 0.15) is 61.7 Å². The summed E-state index contributed by atoms with van der Waals surface area (Å²) in [5, 5.41) is 0. The Kier molecular flexibility index (Phi) is 10.3. The normalized spacial score (nSPS) is 19.5. The number of rotatable bonds is 12. The fourth-order valence-electron chi connectivity index (χ4n) is 3.95. The van der Waals surface area contributed by atoms with Gasteiger partial charge in [0.1, 0.15) is 0 Å². The molecule has 1 aliphatic rings. The first-order chi connectivity index (χ1) is 13.6. The number of hydrogen-bond acceptors (Lipinski definition) is 3. The summed E-state index contributed by atoms with van der Waals surface area (Å²) >= 11 is 0. The van der Waals surface area contributed by atoms with Gasteiger partial charge in [-0.15, -0.1) is 6.58 Å². The molecule has 1 aromatic rings. The van der Waals surface area contributed by atoms with E-state index in [1.54, 1.807) is 0 Å². The van der Waals surface area contributed by atoms with E-state index < -0.39 is 0 Å². The number of hydrogen-bond donors (Lipinski definition) is 0. The lowest BCUT2D eigenvalue weighted by atomic mass is 9.91. The average molecular weight is 387 g/mol. The first-order valence-electron chi connectivity index (χ1n) is 10.8. The highest BCUT2D eigenvalue weighted by atomic mass is 16.5. The second-order valence-corrected chi connectivity index (χ2v) is 8.05. The minimum absolute atomic E-state index is 0.128. The first-order valence-corrected chi connectivity index (χ1v) is 10.8. The van der Waals surface area contributed by atoms with Gasteiger partial charge in [0.05, 0.1) is 6.10 Å². The van der Waals surface area contributed by atoms with Gasteiger partial charge in [0.25, 0.3) is 5.91 Å². The summed E-state index contributed by atoms with van der Waals surface area (Å²) in [6, 6.07) is 9.91. The summed E-state index contributed by atoms with van der Waals surface area (Å²) in [5.74, 6) is 0.128. The van der Waals surface area contributed by atoms with Gasteiger partial charge in [-0.1, -0.05) is 37.1 Å². The van der Waals surface area contributed by atoms with E-state index in [1.165, 1.54) is 19.3 Å². The number of carbonyl (C=O) groups excluding carboxylic acids is 1. The molecule has 156 valence electrons. The van der Waals surface area contributed by atoms with E-state index in [0.717, 1.165) is 57.4 Å². The molecule has 0 aliphatic heterocycles. The Bertz CT molecular complexity index is 567. The van der Waals surface area contributed by atoms with Crippen molar-refractivity contribution >= 4 is 5.91 Å². The summed E-state index contributed by atoms with van der Waals surface area (Å²) in [6.07, 6.45) is 11.4. The Hall–Kier alpha value is -1.65. The molecule has 0 aromatic heterocycles. The lowest BCUT2D eigenvalue weighted by Gasteiger charge is -2.34. The van der Waals surface area contributed by atoms with Crippen LogP contribution in [0.5, 0.6) is 0 Å². The number of amides is 1. The van der Waals surface area contributed by atoms with Crippen molar-refractivity contribution in [2.75, 3.05) is 33.8 Å². The van der Waals surface area contributed by atoms with Gasteiger partial charge < -0.3 is 14.5 Å². The van der Waals surface area contributed by atoms with E-state index in [4.69, 9.17) is 4.74 Å². The molecule has 0 saturated heterocycles. The van der Waals surface area contributed by atoms with Gasteiger partial charge in [0.2, 0.25) is 0 Å². The standard InChI is InChI=1S/C24H38N2O2/c1-4-18-25(2)19-10-5-6-11-20-28-23-16-14-22(15-17-23)26(3)24(27)21-12-8-7-9-13-21/h4,7-9,12-13,22-23H,1,5-6,10-11,14-20H2,2-3H3/t22-,23-. The molecule has 2 rings (SSSR count). The Balaban J connectivity index is 1.55. The number of likely N-dealkylation sites (N-methyl/N-ethyl adjacent to an activating group) is 1. The molecule has 0 radical (unpaired) electrons. The van der Waals surface area contributed by atoms with Crippen LogP contribution in [-0.2, 0) is 4.74 Å². The highest BCUT2D eigenvalue weighted by Crippen LogP contribution is 2.25. The molecular formula is C24H38N2O2. The average Bonchev–Trinajstić information content (AvgIpc) is 2.73. The first kappa shape index (κ1) is 22.6. The number of nitrogens with zero attached hydrogens (tertiary/aromatic N) is 2. The molecule has 0 N–H and O–H groups in total. The highest BCUT2D eigenvalue weighted by Gasteiger charge is 2.27. The molecule has 1 fully saturated rings. The van der Waals surface area contributed by atoms with E-state index >= 15 is 0 Å². The molecule has 1 amide bonds. The summed E-state index contributed by atoms with van der Waals surface area (Å²) in [5.41, 5.74) is 0.777. The third kappa shape index (κ3) is 7.76. The van der Waals surface area contributed by atoms with Crippen LogP contribution < -0.4 is 0 Å². The Morgan fingerprint density at radius 3 is 2.43 bits per heavy atom. The van der Waals surface area contributed by atoms with Crippen molar-refractivity contribution in [1.82, 2.24) is 9.80 Å². The molecule has 28 heavy (non-hydrogen) atoms. The number of ether oxygens (including phenoxy) is 1. The molecule has 1 aliphatic carbocycles. The topological polar surface area (TPSA) is 32.8 Å². The second kappa shape index (κ2) is 12.7. The van der Waals surface area contributed by atoms with Crippen molar-refractivity contribution in [3.05, 3.63) is 48.6 Å². The minimum atomic E-state index is 0.128. The Labute approximate surface area is 171 Å². The van der Waals surface area contributed by atoms with Crippen molar-refractivity contribution in [2.45, 2.75) is 63.5 Å². The van der Waals surface area contributed by atoms with Crippen LogP contribution in [0.4, 0.5) is 0 Å². The molecule has 0 spiro atoms. The van der Waals surface area contributed by atoms with Gasteiger partial charge in [-0.2, -0.15) is 0 Å². The van der Waals surface area contributed by atoms with Crippen LogP contribution in [-0.4, -0.2) is 61.6 Å². The fraction of sp³-hybridized carbons (Fsp3) is 0.625. The monoisotopic (exact) mass is 386 g/mol. The minimum Gasteiger partial charge on any atom is -0.378 e. The molecule has 1 saturated carbocycles. The van der Waals surface area contributed by atoms with Crippen LogP contribution in [0.15, 0.2) is 43.0 Å². The van der Waals surface area contributed by atoms with Crippen LogP contribution in [0.3, 0.4) is 0 Å². The molecular weight excluding hydrogens is 348 g/mol. The SMILES string of the molecule is C=CCN(C)CCCCCCO[C@H]1CC[C@H](N(C)C(=O)c2ccccc2)CC1. The quantitative estimate of drug-likeness (QED) is 0.383. The largest absolute Gasteiger partial charge is 0.378 e. The maximum absolute atomic E-state index is 12.6. The predicted molar refractivity (Wildman–Crippen MR) is 117 cm³/mol. The molecule has 0 heterocycles. The van der Waals surface area contributed by atoms with Crippen molar-refractivity contribution in [3.8, 4) is 0 Å². The van der Waals surface area contributed by atoms with Crippen molar-refractivity contribution in [3.63, 3.8) is 0 Å². The number of benzene rings is 1. The predicted octanol–water partition coefficient (Wildman–Crippen LogP) is 4.76. The maximum atomic E-state index is 12.6. The third-order valence-electron chi connectivity index (χ3n) is 5.76. The van der Waals surface area contributed by atoms with Crippen LogP contribution in [0.25, 0.3) is 0 Å². The summed E-state index contributed by atoms with van der Waals surface area (Å²) in [6.45, 7) is 6.76. The van der Waals surface area contributed by atoms with Gasteiger partial charge >= 0.3 is 0 Å². The van der Waals surface area contributed by atoms with Gasteiger partial charge in [0.15, 0.2) is 0 Å². The van der Waals surface area contributed by atoms with E-state index in [-0.39, 0.29) is 5.91 Å². The third-order valence-corrected chi connectivity index (χ3v) is 5.76. The molecule has 4 nitrogen and oxygen atoms in total. The molecule has 0 unspecified atom stereocenters. The van der Waals surface area contributed by atoms with Crippen LogP contribution >= 0.6 is 0 Å². The lowest BCUT2D eigenvalue weighted by Crippen LogP contribution is -2.40. The Morgan fingerprint density at radius 2 is 1.75 bits per heavy atom. The zero-order valence-electron chi connectivity index (χ0n) is 17.8. The molecule has 4 heteroatoms. The van der Waals surface area contributed by atoms with E-state index in [9.17, 15) is 4.79 Å². The van der Waals surface area contributed by atoms with Crippen molar-refractivity contribution in [2.24, 2.45) is 0 Å². The summed E-state index contributed by atoms with van der Waals surface area (Å²) in [7, 11) is 4.08. The van der Waals surface area contributed by atoms with Gasteiger partial charge in [-0.3, -0.25) is 4.79 Å². The van der Waals surface area contributed by atoms with Crippen LogP contribution in [0, 0.1) is 0 Å². The zero-order chi connectivity index (χ0) is 20.2. The fourth-order valence-corrected chi connectivity index (χ4v) is 3.95. The summed E-state index contributed by atoms with van der Waals surface area (Å²) in [4.78, 5) is 16.8. The maximum Gasteiger partial charge on any atom is 0.253 e. The van der Waals surface area contributed by atoms with Gasteiger partial charge in [0, 0.05) is 31.8 Å². The van der Waals surface area contributed by atoms with Gasteiger partial charge in [-0.25, -0.2) is 0 Å². The molecule has 0 atom stereocenters. The van der Waals surface area contributed by atoms with Crippen molar-refractivity contribution < 1.29 is 9.53 Å². The molecule has 0 bridgehead atoms. The number of unbranched alkanes of at least 4 members (excludes halogenated alkanes) is 3. The second-order valence-electron chi connectivity index (χ2n) is 8.05. The Morgan fingerprint density at radius 1 is 1.07 bits per heavy atom. The van der Waals surface area contributed by atoms with Crippen LogP contribution in [0.2, 0.25) is 0 Å². The number of carbonyl (C=O) groups is 1. The van der Waals surface area contributed by atoms with Crippen molar-refractivity contribution in [1.29, 1.82) is 0 Å². The zero-order valence-corrected chi connectivity index (χ0v) is 17.8. The van der Waals surface area contributed by atoms with E-state index in [0.29, 0.717) is 12.1 Å².